The molecular formula is C9H10F6O2. The molecule has 0 aliphatic heterocycles. The number of hydrogen-bond donors (Lipinski definition) is 0. The van der Waals surface area contributed by atoms with E-state index in [0.717, 1.165) is 0 Å². The minimum absolute atomic E-state index is 0.0612. The van der Waals surface area contributed by atoms with Gasteiger partial charge in [0.25, 0.3) is 0 Å². The van der Waals surface area contributed by atoms with E-state index in [9.17, 15) is 35.9 Å². The maximum atomic E-state index is 12.0. The summed E-state index contributed by atoms with van der Waals surface area (Å²) >= 11 is 0. The first kappa shape index (κ1) is 15.9. The average molecular weight is 264 g/mol. The van der Waals surface area contributed by atoms with E-state index in [2.05, 4.69) is 0 Å². The van der Waals surface area contributed by atoms with Crippen LogP contribution in [0.15, 0.2) is 0 Å². The van der Waals surface area contributed by atoms with Crippen LogP contribution in [0.1, 0.15) is 26.2 Å². The fourth-order valence-electron chi connectivity index (χ4n) is 1.18. The molecule has 0 rings (SSSR count). The first-order valence-electron chi connectivity index (χ1n) is 4.73. The van der Waals surface area contributed by atoms with Crippen LogP contribution >= 0.6 is 0 Å². The number of halogens is 6. The van der Waals surface area contributed by atoms with E-state index >= 15 is 0 Å². The summed E-state index contributed by atoms with van der Waals surface area (Å²) in [5, 5.41) is 0. The first-order valence-corrected chi connectivity index (χ1v) is 4.73. The molecule has 0 N–H and O–H groups in total. The third-order valence-corrected chi connectivity index (χ3v) is 2.04. The summed E-state index contributed by atoms with van der Waals surface area (Å²) < 4.78 is 72.0. The molecule has 100 valence electrons. The Morgan fingerprint density at radius 3 is 1.53 bits per heavy atom. The standard InChI is InChI=1S/C9H10F6O2/c1-2-3-4-5(6(16)8(10,11)12)7(17)9(13,14)15/h5H,2-4H2,1H3. The number of ketones is 2. The van der Waals surface area contributed by atoms with E-state index in [1.54, 1.807) is 0 Å². The molecule has 0 amide bonds. The van der Waals surface area contributed by atoms with Gasteiger partial charge in [-0.15, -0.1) is 0 Å². The molecule has 0 aliphatic carbocycles. The molecule has 0 saturated heterocycles. The maximum absolute atomic E-state index is 12.0. The molecule has 0 spiro atoms. The Bertz CT molecular complexity index is 265. The van der Waals surface area contributed by atoms with Gasteiger partial charge < -0.3 is 0 Å². The Hall–Kier alpha value is -1.08. The van der Waals surface area contributed by atoms with Gasteiger partial charge in [0.05, 0.1) is 5.92 Å². The molecule has 0 bridgehead atoms. The molecule has 0 aromatic rings. The lowest BCUT2D eigenvalue weighted by molar-refractivity contribution is -0.189. The third-order valence-electron chi connectivity index (χ3n) is 2.04. The quantitative estimate of drug-likeness (QED) is 0.565. The van der Waals surface area contributed by atoms with E-state index in [4.69, 9.17) is 0 Å². The number of alkyl halides is 6. The van der Waals surface area contributed by atoms with E-state index in [1.807, 2.05) is 0 Å². The van der Waals surface area contributed by atoms with Crippen molar-refractivity contribution in [3.63, 3.8) is 0 Å². The van der Waals surface area contributed by atoms with Crippen molar-refractivity contribution in [1.82, 2.24) is 0 Å². The molecule has 17 heavy (non-hydrogen) atoms. The van der Waals surface area contributed by atoms with Crippen molar-refractivity contribution < 1.29 is 35.9 Å². The molecule has 0 unspecified atom stereocenters. The summed E-state index contributed by atoms with van der Waals surface area (Å²) in [6.45, 7) is 1.52. The van der Waals surface area contributed by atoms with Gasteiger partial charge in [-0.2, -0.15) is 26.3 Å². The highest BCUT2D eigenvalue weighted by Gasteiger charge is 2.52. The van der Waals surface area contributed by atoms with Crippen LogP contribution in [-0.4, -0.2) is 23.9 Å². The number of carbonyl (C=O) groups is 2. The number of carbonyl (C=O) groups excluding carboxylic acids is 2. The van der Waals surface area contributed by atoms with Gasteiger partial charge in [-0.25, -0.2) is 0 Å². The van der Waals surface area contributed by atoms with Crippen molar-refractivity contribution in [3.05, 3.63) is 0 Å². The molecule has 0 radical (unpaired) electrons. The largest absolute Gasteiger partial charge is 0.450 e. The molecule has 0 atom stereocenters. The smallest absolute Gasteiger partial charge is 0.289 e. The Labute approximate surface area is 93.0 Å². The van der Waals surface area contributed by atoms with Gasteiger partial charge in [-0.1, -0.05) is 19.8 Å². The van der Waals surface area contributed by atoms with Crippen molar-refractivity contribution in [2.45, 2.75) is 38.5 Å². The summed E-state index contributed by atoms with van der Waals surface area (Å²) in [4.78, 5) is 21.4. The minimum Gasteiger partial charge on any atom is -0.289 e. The maximum Gasteiger partial charge on any atom is 0.450 e. The second kappa shape index (κ2) is 5.50. The highest BCUT2D eigenvalue weighted by atomic mass is 19.4. The number of rotatable bonds is 5. The zero-order valence-electron chi connectivity index (χ0n) is 8.78. The molecular weight excluding hydrogens is 254 g/mol. The van der Waals surface area contributed by atoms with Gasteiger partial charge in [0.2, 0.25) is 11.6 Å². The van der Waals surface area contributed by atoms with E-state index < -0.39 is 36.3 Å². The molecule has 0 saturated carbocycles. The predicted octanol–water partition coefficient (Wildman–Crippen LogP) is 3.06. The fraction of sp³-hybridized carbons (Fsp3) is 0.778. The van der Waals surface area contributed by atoms with Crippen molar-refractivity contribution in [2.24, 2.45) is 5.92 Å². The van der Waals surface area contributed by atoms with Gasteiger partial charge in [0.15, 0.2) is 0 Å². The van der Waals surface area contributed by atoms with Gasteiger partial charge in [0, 0.05) is 0 Å². The molecule has 8 heteroatoms. The zero-order valence-corrected chi connectivity index (χ0v) is 8.78. The van der Waals surface area contributed by atoms with E-state index in [0.29, 0.717) is 0 Å². The Morgan fingerprint density at radius 1 is 0.941 bits per heavy atom. The molecule has 0 aromatic carbocycles. The van der Waals surface area contributed by atoms with Crippen LogP contribution in [0.2, 0.25) is 0 Å². The summed E-state index contributed by atoms with van der Waals surface area (Å²) in [7, 11) is 0. The second-order valence-corrected chi connectivity index (χ2v) is 3.42. The van der Waals surface area contributed by atoms with Crippen molar-refractivity contribution in [2.75, 3.05) is 0 Å². The Kier molecular flexibility index (Phi) is 5.15. The lowest BCUT2D eigenvalue weighted by atomic mass is 9.92. The molecule has 0 heterocycles. The molecule has 0 aliphatic rings. The minimum atomic E-state index is -5.43. The summed E-state index contributed by atoms with van der Waals surface area (Å²) in [6, 6.07) is 0. The average Bonchev–Trinajstić information content (AvgIpc) is 2.14. The fourth-order valence-corrected chi connectivity index (χ4v) is 1.18. The monoisotopic (exact) mass is 264 g/mol. The lowest BCUT2D eigenvalue weighted by Crippen LogP contribution is -2.41. The number of Topliss-reactive ketones (excluding diaryl/α,β-unsaturated/α-hetero) is 2. The number of unbranched alkanes of at least 4 members (excludes halogenated alkanes) is 1. The van der Waals surface area contributed by atoms with Gasteiger partial charge in [-0.3, -0.25) is 9.59 Å². The SMILES string of the molecule is CCCCC(C(=O)C(F)(F)F)C(=O)C(F)(F)F. The van der Waals surface area contributed by atoms with E-state index in [-0.39, 0.29) is 12.8 Å². The third kappa shape index (κ3) is 4.74. The van der Waals surface area contributed by atoms with E-state index in [1.165, 1.54) is 6.92 Å². The molecule has 0 aromatic heterocycles. The normalized spacial score (nSPS) is 12.9. The van der Waals surface area contributed by atoms with Crippen LogP contribution in [0.4, 0.5) is 26.3 Å². The van der Waals surface area contributed by atoms with Gasteiger partial charge >= 0.3 is 12.4 Å². The summed E-state index contributed by atoms with van der Waals surface area (Å²) in [6.07, 6.45) is -11.4. The van der Waals surface area contributed by atoms with Gasteiger partial charge in [-0.05, 0) is 6.42 Å². The molecule has 2 nitrogen and oxygen atoms in total. The second-order valence-electron chi connectivity index (χ2n) is 3.42. The van der Waals surface area contributed by atoms with Crippen LogP contribution in [0.3, 0.4) is 0 Å². The van der Waals surface area contributed by atoms with Gasteiger partial charge in [0.1, 0.15) is 0 Å². The highest BCUT2D eigenvalue weighted by molar-refractivity contribution is 6.06. The molecule has 0 fully saturated rings. The topological polar surface area (TPSA) is 34.1 Å². The first-order chi connectivity index (χ1) is 7.51. The predicted molar refractivity (Wildman–Crippen MR) is 45.1 cm³/mol. The van der Waals surface area contributed by atoms with Crippen LogP contribution in [0.25, 0.3) is 0 Å². The van der Waals surface area contributed by atoms with Crippen molar-refractivity contribution in [3.8, 4) is 0 Å². The Morgan fingerprint density at radius 2 is 1.29 bits per heavy atom. The zero-order chi connectivity index (χ0) is 13.9. The summed E-state index contributed by atoms with van der Waals surface area (Å²) in [5.41, 5.74) is 0. The highest BCUT2D eigenvalue weighted by Crippen LogP contribution is 2.30. The van der Waals surface area contributed by atoms with Crippen LogP contribution in [0, 0.1) is 5.92 Å². The lowest BCUT2D eigenvalue weighted by Gasteiger charge is -2.17. The van der Waals surface area contributed by atoms with Crippen LogP contribution in [-0.2, 0) is 9.59 Å². The number of hydrogen-bond acceptors (Lipinski definition) is 2. The van der Waals surface area contributed by atoms with Crippen LogP contribution in [0.5, 0.6) is 0 Å². The van der Waals surface area contributed by atoms with Crippen molar-refractivity contribution >= 4 is 11.6 Å². The summed E-state index contributed by atoms with van der Waals surface area (Å²) in [5.74, 6) is -7.93. The van der Waals surface area contributed by atoms with Crippen LogP contribution < -0.4 is 0 Å². The van der Waals surface area contributed by atoms with Crippen molar-refractivity contribution in [1.29, 1.82) is 0 Å². The Balaban J connectivity index is 5.02.